The van der Waals surface area contributed by atoms with E-state index in [2.05, 4.69) is 20.2 Å². The number of hydrogen-bond donors (Lipinski definition) is 2. The van der Waals surface area contributed by atoms with E-state index in [9.17, 15) is 4.79 Å². The van der Waals surface area contributed by atoms with Crippen molar-refractivity contribution in [3.8, 4) is 0 Å². The zero-order valence-corrected chi connectivity index (χ0v) is 10.1. The van der Waals surface area contributed by atoms with Gasteiger partial charge in [-0.05, 0) is 37.8 Å². The standard InChI is InChI=1S/C10H16N4OS/c1-7-9(16-14-13-7)10(15)12-8-4-2-3-5-11-6-8/h8,11H,2-6H2,1H3,(H,12,15). The van der Waals surface area contributed by atoms with Crippen LogP contribution in [0, 0.1) is 6.92 Å². The van der Waals surface area contributed by atoms with Crippen molar-refractivity contribution in [2.75, 3.05) is 13.1 Å². The number of aryl methyl sites for hydroxylation is 1. The fourth-order valence-corrected chi connectivity index (χ4v) is 2.39. The number of carbonyl (C=O) groups is 1. The molecule has 88 valence electrons. The van der Waals surface area contributed by atoms with E-state index in [1.54, 1.807) is 0 Å². The molecule has 6 heteroatoms. The number of nitrogens with zero attached hydrogens (tertiary/aromatic N) is 2. The van der Waals surface area contributed by atoms with Crippen LogP contribution < -0.4 is 10.6 Å². The van der Waals surface area contributed by atoms with Gasteiger partial charge in [-0.25, -0.2) is 0 Å². The zero-order valence-electron chi connectivity index (χ0n) is 9.32. The molecule has 1 amide bonds. The Hall–Kier alpha value is -1.01. The van der Waals surface area contributed by atoms with E-state index in [0.29, 0.717) is 10.6 Å². The van der Waals surface area contributed by atoms with Gasteiger partial charge in [0.1, 0.15) is 4.88 Å². The van der Waals surface area contributed by atoms with Crippen LogP contribution in [0.1, 0.15) is 34.6 Å². The van der Waals surface area contributed by atoms with E-state index in [-0.39, 0.29) is 11.9 Å². The summed E-state index contributed by atoms with van der Waals surface area (Å²) in [5.74, 6) is -0.0406. The summed E-state index contributed by atoms with van der Waals surface area (Å²) in [4.78, 5) is 12.5. The number of aromatic nitrogens is 2. The molecule has 0 radical (unpaired) electrons. The number of hydrogen-bond acceptors (Lipinski definition) is 5. The summed E-state index contributed by atoms with van der Waals surface area (Å²) in [5.41, 5.74) is 0.712. The van der Waals surface area contributed by atoms with Gasteiger partial charge in [-0.2, -0.15) is 0 Å². The lowest BCUT2D eigenvalue weighted by molar-refractivity contribution is 0.0939. The maximum absolute atomic E-state index is 11.9. The van der Waals surface area contributed by atoms with Gasteiger partial charge < -0.3 is 10.6 Å². The molecule has 2 rings (SSSR count). The highest BCUT2D eigenvalue weighted by Crippen LogP contribution is 2.10. The highest BCUT2D eigenvalue weighted by molar-refractivity contribution is 7.07. The number of nitrogens with one attached hydrogen (secondary N) is 2. The Morgan fingerprint density at radius 2 is 2.44 bits per heavy atom. The van der Waals surface area contributed by atoms with Crippen molar-refractivity contribution in [2.45, 2.75) is 32.2 Å². The van der Waals surface area contributed by atoms with Crippen molar-refractivity contribution < 1.29 is 4.79 Å². The highest BCUT2D eigenvalue weighted by Gasteiger charge is 2.18. The molecule has 1 aliphatic heterocycles. The second-order valence-electron chi connectivity index (χ2n) is 4.06. The molecule has 0 spiro atoms. The Balaban J connectivity index is 1.93. The van der Waals surface area contributed by atoms with E-state index in [0.717, 1.165) is 37.5 Å². The predicted octanol–water partition coefficient (Wildman–Crippen LogP) is 0.718. The van der Waals surface area contributed by atoms with Gasteiger partial charge >= 0.3 is 0 Å². The maximum Gasteiger partial charge on any atom is 0.265 e. The zero-order chi connectivity index (χ0) is 11.4. The molecular formula is C10H16N4OS. The lowest BCUT2D eigenvalue weighted by atomic mass is 10.1. The van der Waals surface area contributed by atoms with Crippen LogP contribution in [0.5, 0.6) is 0 Å². The Labute approximate surface area is 98.8 Å². The summed E-state index contributed by atoms with van der Waals surface area (Å²) in [7, 11) is 0. The molecule has 1 fully saturated rings. The summed E-state index contributed by atoms with van der Waals surface area (Å²) < 4.78 is 3.77. The van der Waals surface area contributed by atoms with Gasteiger partial charge in [0.2, 0.25) is 0 Å². The number of amides is 1. The van der Waals surface area contributed by atoms with Gasteiger partial charge in [-0.1, -0.05) is 10.9 Å². The van der Waals surface area contributed by atoms with E-state index in [1.165, 1.54) is 6.42 Å². The average Bonchev–Trinajstić information content (AvgIpc) is 2.53. The summed E-state index contributed by atoms with van der Waals surface area (Å²) in [5, 5.41) is 10.2. The Morgan fingerprint density at radius 3 is 3.19 bits per heavy atom. The lowest BCUT2D eigenvalue weighted by Crippen LogP contribution is -2.40. The molecule has 0 aliphatic carbocycles. The van der Waals surface area contributed by atoms with E-state index < -0.39 is 0 Å². The van der Waals surface area contributed by atoms with Crippen LogP contribution in [0.3, 0.4) is 0 Å². The summed E-state index contributed by atoms with van der Waals surface area (Å²) in [6, 6.07) is 0.233. The summed E-state index contributed by atoms with van der Waals surface area (Å²) >= 11 is 1.16. The van der Waals surface area contributed by atoms with Gasteiger partial charge in [-0.15, -0.1) is 5.10 Å². The second-order valence-corrected chi connectivity index (χ2v) is 4.81. The third-order valence-electron chi connectivity index (χ3n) is 2.74. The summed E-state index contributed by atoms with van der Waals surface area (Å²) in [6.07, 6.45) is 3.40. The summed E-state index contributed by atoms with van der Waals surface area (Å²) in [6.45, 7) is 3.72. The van der Waals surface area contributed by atoms with Gasteiger partial charge in [0.25, 0.3) is 5.91 Å². The fourth-order valence-electron chi connectivity index (χ4n) is 1.83. The molecule has 5 nitrogen and oxygen atoms in total. The lowest BCUT2D eigenvalue weighted by Gasteiger charge is -2.15. The van der Waals surface area contributed by atoms with Gasteiger partial charge in [0, 0.05) is 12.6 Å². The van der Waals surface area contributed by atoms with Crippen molar-refractivity contribution in [2.24, 2.45) is 0 Å². The largest absolute Gasteiger partial charge is 0.347 e. The van der Waals surface area contributed by atoms with Crippen molar-refractivity contribution in [1.82, 2.24) is 20.2 Å². The maximum atomic E-state index is 11.9. The molecule has 1 aliphatic rings. The smallest absolute Gasteiger partial charge is 0.265 e. The Morgan fingerprint density at radius 1 is 1.56 bits per heavy atom. The first kappa shape index (κ1) is 11.5. The van der Waals surface area contributed by atoms with Crippen LogP contribution in [-0.2, 0) is 0 Å². The van der Waals surface area contributed by atoms with Gasteiger partial charge in [-0.3, -0.25) is 4.79 Å². The van der Waals surface area contributed by atoms with E-state index >= 15 is 0 Å². The first-order valence-corrected chi connectivity index (χ1v) is 6.35. The Kier molecular flexibility index (Phi) is 3.84. The molecule has 0 bridgehead atoms. The van der Waals surface area contributed by atoms with Gasteiger partial charge in [0.05, 0.1) is 5.69 Å². The van der Waals surface area contributed by atoms with E-state index in [1.807, 2.05) is 6.92 Å². The molecule has 16 heavy (non-hydrogen) atoms. The number of rotatable bonds is 2. The minimum Gasteiger partial charge on any atom is -0.347 e. The molecule has 1 aromatic heterocycles. The molecule has 2 N–H and O–H groups in total. The van der Waals surface area contributed by atoms with Crippen LogP contribution in [-0.4, -0.2) is 34.6 Å². The van der Waals surface area contributed by atoms with Gasteiger partial charge in [0.15, 0.2) is 0 Å². The topological polar surface area (TPSA) is 66.9 Å². The normalized spacial score (nSPS) is 21.4. The Bertz CT molecular complexity index is 357. The fraction of sp³-hybridized carbons (Fsp3) is 0.700. The molecule has 2 heterocycles. The molecular weight excluding hydrogens is 224 g/mol. The number of carbonyl (C=O) groups excluding carboxylic acids is 1. The SMILES string of the molecule is Cc1nnsc1C(=O)NC1CCCCNC1. The molecule has 1 atom stereocenters. The minimum absolute atomic E-state index is 0.0406. The quantitative estimate of drug-likeness (QED) is 0.799. The first-order valence-electron chi connectivity index (χ1n) is 5.58. The van der Waals surface area contributed by atoms with Crippen LogP contribution in [0.2, 0.25) is 0 Å². The third-order valence-corrected chi connectivity index (χ3v) is 3.57. The van der Waals surface area contributed by atoms with Crippen molar-refractivity contribution in [1.29, 1.82) is 0 Å². The molecule has 0 aromatic carbocycles. The molecule has 0 saturated carbocycles. The second kappa shape index (κ2) is 5.36. The predicted molar refractivity (Wildman–Crippen MR) is 62.6 cm³/mol. The van der Waals surface area contributed by atoms with Crippen molar-refractivity contribution in [3.05, 3.63) is 10.6 Å². The van der Waals surface area contributed by atoms with Crippen molar-refractivity contribution in [3.63, 3.8) is 0 Å². The van der Waals surface area contributed by atoms with Crippen LogP contribution in [0.4, 0.5) is 0 Å². The van der Waals surface area contributed by atoms with Crippen LogP contribution in [0.25, 0.3) is 0 Å². The average molecular weight is 240 g/mol. The first-order chi connectivity index (χ1) is 7.77. The highest BCUT2D eigenvalue weighted by atomic mass is 32.1. The minimum atomic E-state index is -0.0406. The van der Waals surface area contributed by atoms with Crippen LogP contribution in [0.15, 0.2) is 0 Å². The van der Waals surface area contributed by atoms with Crippen LogP contribution >= 0.6 is 11.5 Å². The third kappa shape index (κ3) is 2.76. The molecule has 1 aromatic rings. The van der Waals surface area contributed by atoms with Crippen molar-refractivity contribution >= 4 is 17.4 Å². The monoisotopic (exact) mass is 240 g/mol. The molecule has 1 unspecified atom stereocenters. The molecule has 1 saturated heterocycles. The van der Waals surface area contributed by atoms with E-state index in [4.69, 9.17) is 0 Å².